The van der Waals surface area contributed by atoms with Gasteiger partial charge in [0.05, 0.1) is 0 Å². The highest BCUT2D eigenvalue weighted by Gasteiger charge is 2.30. The van der Waals surface area contributed by atoms with Crippen LogP contribution in [0.15, 0.2) is 30.3 Å². The molecule has 0 N–H and O–H groups in total. The third kappa shape index (κ3) is 4.86. The molecule has 1 aliphatic heterocycles. The lowest BCUT2D eigenvalue weighted by atomic mass is 10.0. The fourth-order valence-corrected chi connectivity index (χ4v) is 3.05. The number of ether oxygens (including phenoxy) is 1. The molecule has 1 aromatic rings. The maximum absolute atomic E-state index is 12.2. The number of hydrogen-bond donors (Lipinski definition) is 0. The van der Waals surface area contributed by atoms with Gasteiger partial charge in [-0.05, 0) is 25.3 Å². The van der Waals surface area contributed by atoms with Crippen LogP contribution in [0.1, 0.15) is 25.3 Å². The van der Waals surface area contributed by atoms with E-state index in [2.05, 4.69) is 0 Å². The van der Waals surface area contributed by atoms with Crippen molar-refractivity contribution in [3.63, 3.8) is 0 Å². The number of likely N-dealkylation sites (tertiary alicyclic amines) is 1. The predicted molar refractivity (Wildman–Crippen MR) is 89.3 cm³/mol. The second-order valence-corrected chi connectivity index (χ2v) is 5.86. The van der Waals surface area contributed by atoms with Crippen LogP contribution in [-0.2, 0) is 16.1 Å². The number of likely N-dealkylation sites (N-methyl/N-ethyl adjacent to an activating group) is 1. The van der Waals surface area contributed by atoms with Gasteiger partial charge in [0, 0.05) is 25.7 Å². The van der Waals surface area contributed by atoms with Gasteiger partial charge in [0.1, 0.15) is 12.5 Å². The lowest BCUT2D eigenvalue weighted by Gasteiger charge is -2.38. The smallest absolute Gasteiger partial charge is 0.410 e. The summed E-state index contributed by atoms with van der Waals surface area (Å²) in [6.45, 7) is 3.96. The molecule has 1 heterocycles. The molecular weight excluding hydrogens is 316 g/mol. The van der Waals surface area contributed by atoms with E-state index in [1.54, 1.807) is 9.80 Å². The molecule has 1 saturated heterocycles. The Morgan fingerprint density at radius 2 is 2.09 bits per heavy atom. The van der Waals surface area contributed by atoms with Gasteiger partial charge in [-0.1, -0.05) is 30.3 Å². The number of benzene rings is 1. The molecule has 2 amide bonds. The number of hydrogen-bond acceptors (Lipinski definition) is 3. The highest BCUT2D eigenvalue weighted by atomic mass is 35.5. The Morgan fingerprint density at radius 1 is 1.35 bits per heavy atom. The molecule has 1 fully saturated rings. The number of rotatable bonds is 5. The molecule has 126 valence electrons. The van der Waals surface area contributed by atoms with Gasteiger partial charge in [-0.25, -0.2) is 4.79 Å². The number of nitrogens with zero attached hydrogens (tertiary/aromatic N) is 2. The summed E-state index contributed by atoms with van der Waals surface area (Å²) in [5, 5.41) is 0. The fourth-order valence-electron chi connectivity index (χ4n) is 2.90. The van der Waals surface area contributed by atoms with Crippen molar-refractivity contribution in [2.45, 2.75) is 32.4 Å². The van der Waals surface area contributed by atoms with E-state index in [-0.39, 0.29) is 30.5 Å². The van der Waals surface area contributed by atoms with E-state index in [4.69, 9.17) is 16.3 Å². The highest BCUT2D eigenvalue weighted by molar-refractivity contribution is 6.27. The first kappa shape index (κ1) is 17.6. The summed E-state index contributed by atoms with van der Waals surface area (Å²) in [4.78, 5) is 27.6. The molecule has 0 saturated carbocycles. The first-order valence-corrected chi connectivity index (χ1v) is 8.50. The molecule has 23 heavy (non-hydrogen) atoms. The van der Waals surface area contributed by atoms with Gasteiger partial charge in [0.2, 0.25) is 5.91 Å². The molecule has 1 aliphatic rings. The van der Waals surface area contributed by atoms with Gasteiger partial charge in [-0.2, -0.15) is 0 Å². The summed E-state index contributed by atoms with van der Waals surface area (Å²) in [7, 11) is 0. The van der Waals surface area contributed by atoms with Crippen molar-refractivity contribution in [1.29, 1.82) is 0 Å². The number of halogens is 1. The second kappa shape index (κ2) is 8.77. The van der Waals surface area contributed by atoms with Gasteiger partial charge in [0.15, 0.2) is 0 Å². The van der Waals surface area contributed by atoms with Crippen LogP contribution in [0.4, 0.5) is 4.79 Å². The van der Waals surface area contributed by atoms with Crippen molar-refractivity contribution in [2.24, 2.45) is 0 Å². The van der Waals surface area contributed by atoms with Crippen molar-refractivity contribution < 1.29 is 14.3 Å². The third-order valence-electron chi connectivity index (χ3n) is 4.08. The standard InChI is InChI=1S/C17H23ClN2O3/c1-2-20(16(21)11-18)15-9-6-10-19(12-15)17(22)23-13-14-7-4-3-5-8-14/h3-5,7-8,15H,2,6,9-13H2,1H3/t15-/m1/s1. The van der Waals surface area contributed by atoms with Gasteiger partial charge in [0.25, 0.3) is 0 Å². The van der Waals surface area contributed by atoms with Crippen LogP contribution in [0.2, 0.25) is 0 Å². The zero-order valence-corrected chi connectivity index (χ0v) is 14.2. The summed E-state index contributed by atoms with van der Waals surface area (Å²) in [6, 6.07) is 9.61. The van der Waals surface area contributed by atoms with Gasteiger partial charge in [-0.15, -0.1) is 11.6 Å². The molecular formula is C17H23ClN2O3. The van der Waals surface area contributed by atoms with E-state index in [1.807, 2.05) is 37.3 Å². The van der Waals surface area contributed by atoms with Crippen molar-refractivity contribution in [2.75, 3.05) is 25.5 Å². The van der Waals surface area contributed by atoms with Crippen LogP contribution < -0.4 is 0 Å². The van der Waals surface area contributed by atoms with E-state index in [0.29, 0.717) is 19.6 Å². The maximum Gasteiger partial charge on any atom is 0.410 e. The van der Waals surface area contributed by atoms with Gasteiger partial charge >= 0.3 is 6.09 Å². The minimum absolute atomic E-state index is 0.0178. The van der Waals surface area contributed by atoms with E-state index in [1.165, 1.54) is 0 Å². The number of amides is 2. The Labute approximate surface area is 142 Å². The second-order valence-electron chi connectivity index (χ2n) is 5.60. The average Bonchev–Trinajstić information content (AvgIpc) is 2.61. The molecule has 0 aromatic heterocycles. The third-order valence-corrected chi connectivity index (χ3v) is 4.30. The highest BCUT2D eigenvalue weighted by Crippen LogP contribution is 2.17. The van der Waals surface area contributed by atoms with Crippen molar-refractivity contribution in [1.82, 2.24) is 9.80 Å². The summed E-state index contributed by atoms with van der Waals surface area (Å²) >= 11 is 5.66. The molecule has 0 radical (unpaired) electrons. The van der Waals surface area contributed by atoms with Crippen LogP contribution in [0, 0.1) is 0 Å². The normalized spacial score (nSPS) is 17.7. The first-order valence-electron chi connectivity index (χ1n) is 7.96. The molecule has 2 rings (SSSR count). The molecule has 0 unspecified atom stereocenters. The molecule has 0 bridgehead atoms. The quantitative estimate of drug-likeness (QED) is 0.776. The topological polar surface area (TPSA) is 49.9 Å². The summed E-state index contributed by atoms with van der Waals surface area (Å²) in [5.41, 5.74) is 0.960. The van der Waals surface area contributed by atoms with E-state index >= 15 is 0 Å². The number of carbonyl (C=O) groups is 2. The number of alkyl halides is 1. The van der Waals surface area contributed by atoms with Crippen LogP contribution in [-0.4, -0.2) is 53.4 Å². The van der Waals surface area contributed by atoms with Crippen LogP contribution >= 0.6 is 11.6 Å². The minimum Gasteiger partial charge on any atom is -0.445 e. The van der Waals surface area contributed by atoms with Crippen molar-refractivity contribution >= 4 is 23.6 Å². The summed E-state index contributed by atoms with van der Waals surface area (Å²) < 4.78 is 5.37. The van der Waals surface area contributed by atoms with E-state index in [9.17, 15) is 9.59 Å². The summed E-state index contributed by atoms with van der Waals surface area (Å²) in [5.74, 6) is -0.110. The van der Waals surface area contributed by atoms with Gasteiger partial charge < -0.3 is 14.5 Å². The largest absolute Gasteiger partial charge is 0.445 e. The van der Waals surface area contributed by atoms with E-state index < -0.39 is 0 Å². The maximum atomic E-state index is 12.2. The Morgan fingerprint density at radius 3 is 2.74 bits per heavy atom. The number of piperidine rings is 1. The Hall–Kier alpha value is -1.75. The lowest BCUT2D eigenvalue weighted by molar-refractivity contribution is -0.131. The summed E-state index contributed by atoms with van der Waals surface area (Å²) in [6.07, 6.45) is 1.42. The van der Waals surface area contributed by atoms with Crippen LogP contribution in [0.5, 0.6) is 0 Å². The monoisotopic (exact) mass is 338 g/mol. The SMILES string of the molecule is CCN(C(=O)CCl)[C@@H]1CCCN(C(=O)OCc2ccccc2)C1. The molecule has 6 heteroatoms. The fraction of sp³-hybridized carbons (Fsp3) is 0.529. The van der Waals surface area contributed by atoms with E-state index in [0.717, 1.165) is 18.4 Å². The Balaban J connectivity index is 1.89. The Bertz CT molecular complexity index is 524. The molecule has 0 spiro atoms. The molecule has 0 aliphatic carbocycles. The lowest BCUT2D eigenvalue weighted by Crippen LogP contribution is -2.52. The van der Waals surface area contributed by atoms with Crippen LogP contribution in [0.25, 0.3) is 0 Å². The van der Waals surface area contributed by atoms with Gasteiger partial charge in [-0.3, -0.25) is 4.79 Å². The average molecular weight is 339 g/mol. The zero-order chi connectivity index (χ0) is 16.7. The molecule has 5 nitrogen and oxygen atoms in total. The van der Waals surface area contributed by atoms with Crippen molar-refractivity contribution in [3.05, 3.63) is 35.9 Å². The zero-order valence-electron chi connectivity index (χ0n) is 13.4. The molecule has 1 atom stereocenters. The first-order chi connectivity index (χ1) is 11.2. The van der Waals surface area contributed by atoms with Crippen LogP contribution in [0.3, 0.4) is 0 Å². The Kier molecular flexibility index (Phi) is 6.71. The molecule has 1 aromatic carbocycles. The predicted octanol–water partition coefficient (Wildman–Crippen LogP) is 2.87. The van der Waals surface area contributed by atoms with Crippen molar-refractivity contribution in [3.8, 4) is 0 Å². The number of carbonyl (C=O) groups excluding carboxylic acids is 2. The minimum atomic E-state index is -0.326.